The maximum absolute atomic E-state index is 13.1. The molecule has 1 atom stereocenters. The van der Waals surface area contributed by atoms with Gasteiger partial charge in [-0.05, 0) is 50.1 Å². The summed E-state index contributed by atoms with van der Waals surface area (Å²) in [6, 6.07) is 20.2. The number of rotatable bonds is 6. The molecule has 3 aromatic rings. The molecule has 0 aromatic heterocycles. The largest absolute Gasteiger partial charge is 0.325 e. The molecule has 1 saturated heterocycles. The van der Waals surface area contributed by atoms with Crippen molar-refractivity contribution < 1.29 is 18.0 Å². The van der Waals surface area contributed by atoms with E-state index in [1.807, 2.05) is 13.0 Å². The van der Waals surface area contributed by atoms with Gasteiger partial charge in [0.25, 0.3) is 0 Å². The lowest BCUT2D eigenvalue weighted by molar-refractivity contribution is -0.120. The van der Waals surface area contributed by atoms with Crippen LogP contribution in [0.15, 0.2) is 77.7 Å². The summed E-state index contributed by atoms with van der Waals surface area (Å²) in [5.74, 6) is -1.12. The van der Waals surface area contributed by atoms with Crippen LogP contribution in [0.5, 0.6) is 0 Å². The fraction of sp³-hybridized carbons (Fsp3) is 0.231. The van der Waals surface area contributed by atoms with Crippen LogP contribution in [0.2, 0.25) is 5.02 Å². The zero-order valence-electron chi connectivity index (χ0n) is 18.7. The Morgan fingerprint density at radius 2 is 1.71 bits per heavy atom. The highest BCUT2D eigenvalue weighted by atomic mass is 35.5. The number of amides is 1. The van der Waals surface area contributed by atoms with E-state index in [0.717, 1.165) is 5.56 Å². The summed E-state index contributed by atoms with van der Waals surface area (Å²) in [5.41, 5.74) is 2.08. The van der Waals surface area contributed by atoms with E-state index in [1.165, 1.54) is 10.4 Å². The van der Waals surface area contributed by atoms with E-state index in [9.17, 15) is 18.0 Å². The average molecular weight is 497 g/mol. The van der Waals surface area contributed by atoms with Crippen molar-refractivity contribution in [3.63, 3.8) is 0 Å². The summed E-state index contributed by atoms with van der Waals surface area (Å²) < 4.78 is 27.6. The summed E-state index contributed by atoms with van der Waals surface area (Å²) in [4.78, 5) is 26.4. The minimum atomic E-state index is -3.70. The van der Waals surface area contributed by atoms with Crippen LogP contribution in [-0.4, -0.2) is 37.5 Å². The molecule has 1 heterocycles. The molecule has 0 radical (unpaired) electrons. The zero-order chi connectivity index (χ0) is 24.3. The van der Waals surface area contributed by atoms with E-state index in [4.69, 9.17) is 11.6 Å². The van der Waals surface area contributed by atoms with Gasteiger partial charge in [-0.3, -0.25) is 9.59 Å². The van der Waals surface area contributed by atoms with Crippen LogP contribution in [0.4, 0.5) is 5.69 Å². The van der Waals surface area contributed by atoms with Crippen molar-refractivity contribution in [3.8, 4) is 0 Å². The lowest BCUT2D eigenvalue weighted by Gasteiger charge is -2.31. The van der Waals surface area contributed by atoms with Crippen molar-refractivity contribution in [1.82, 2.24) is 4.31 Å². The molecule has 0 saturated carbocycles. The SMILES string of the molecule is Cc1ccc(S(=O)(=O)N2CCCC(C(=O)Nc3ccc(Cl)cc3C(=O)c3ccccc3)C2)cc1. The third kappa shape index (κ3) is 5.22. The molecule has 1 fully saturated rings. The number of nitrogens with zero attached hydrogens (tertiary/aromatic N) is 1. The van der Waals surface area contributed by atoms with E-state index in [1.54, 1.807) is 60.7 Å². The Hall–Kier alpha value is -3.00. The quantitative estimate of drug-likeness (QED) is 0.491. The fourth-order valence-corrected chi connectivity index (χ4v) is 5.72. The molecule has 176 valence electrons. The first-order valence-corrected chi connectivity index (χ1v) is 12.8. The van der Waals surface area contributed by atoms with Gasteiger partial charge in [-0.1, -0.05) is 59.6 Å². The minimum Gasteiger partial charge on any atom is -0.325 e. The lowest BCUT2D eigenvalue weighted by atomic mass is 9.97. The number of hydrogen-bond acceptors (Lipinski definition) is 4. The molecule has 1 unspecified atom stereocenters. The van der Waals surface area contributed by atoms with Crippen LogP contribution in [-0.2, 0) is 14.8 Å². The molecule has 8 heteroatoms. The predicted octanol–water partition coefficient (Wildman–Crippen LogP) is 4.92. The van der Waals surface area contributed by atoms with E-state index in [0.29, 0.717) is 35.7 Å². The van der Waals surface area contributed by atoms with Crippen LogP contribution in [0.3, 0.4) is 0 Å². The van der Waals surface area contributed by atoms with Gasteiger partial charge in [-0.15, -0.1) is 0 Å². The number of carbonyl (C=O) groups is 2. The third-order valence-corrected chi connectivity index (χ3v) is 8.05. The molecular weight excluding hydrogens is 472 g/mol. The van der Waals surface area contributed by atoms with Crippen LogP contribution in [0, 0.1) is 12.8 Å². The summed E-state index contributed by atoms with van der Waals surface area (Å²) >= 11 is 6.13. The second-order valence-electron chi connectivity index (χ2n) is 8.39. The monoisotopic (exact) mass is 496 g/mol. The Balaban J connectivity index is 1.53. The fourth-order valence-electron chi connectivity index (χ4n) is 4.03. The molecule has 0 aliphatic carbocycles. The summed E-state index contributed by atoms with van der Waals surface area (Å²) in [5, 5.41) is 3.22. The maximum Gasteiger partial charge on any atom is 0.243 e. The average Bonchev–Trinajstić information content (AvgIpc) is 2.85. The van der Waals surface area contributed by atoms with Gasteiger partial charge in [0.1, 0.15) is 0 Å². The van der Waals surface area contributed by atoms with Gasteiger partial charge in [0.05, 0.1) is 16.5 Å². The van der Waals surface area contributed by atoms with E-state index in [2.05, 4.69) is 5.32 Å². The molecule has 6 nitrogen and oxygen atoms in total. The molecular formula is C26H25ClN2O4S. The Morgan fingerprint density at radius 3 is 2.41 bits per heavy atom. The Bertz CT molecular complexity index is 1310. The van der Waals surface area contributed by atoms with Gasteiger partial charge in [0.2, 0.25) is 15.9 Å². The highest BCUT2D eigenvalue weighted by molar-refractivity contribution is 7.89. The van der Waals surface area contributed by atoms with E-state index >= 15 is 0 Å². The standard InChI is InChI=1S/C26H25ClN2O4S/c1-18-9-12-22(13-10-18)34(32,33)29-15-5-8-20(17-29)26(31)28-24-14-11-21(27)16-23(24)25(30)19-6-3-2-4-7-19/h2-4,6-7,9-14,16,20H,5,8,15,17H2,1H3,(H,28,31). The Kier molecular flexibility index (Phi) is 7.16. The first kappa shape index (κ1) is 24.1. The first-order valence-electron chi connectivity index (χ1n) is 11.0. The van der Waals surface area contributed by atoms with Crippen molar-refractivity contribution in [2.45, 2.75) is 24.7 Å². The Labute approximate surface area is 204 Å². The first-order chi connectivity index (χ1) is 16.3. The van der Waals surface area contributed by atoms with Crippen LogP contribution in [0.25, 0.3) is 0 Å². The number of ketones is 1. The van der Waals surface area contributed by atoms with Crippen LogP contribution in [0.1, 0.15) is 34.3 Å². The molecule has 1 amide bonds. The van der Waals surface area contributed by atoms with Crippen LogP contribution >= 0.6 is 11.6 Å². The molecule has 1 N–H and O–H groups in total. The van der Waals surface area contributed by atoms with E-state index in [-0.39, 0.29) is 28.7 Å². The van der Waals surface area contributed by atoms with Crippen molar-refractivity contribution >= 4 is 39.0 Å². The van der Waals surface area contributed by atoms with Crippen LogP contribution < -0.4 is 5.32 Å². The number of aryl methyl sites for hydroxylation is 1. The Morgan fingerprint density at radius 1 is 1.00 bits per heavy atom. The second kappa shape index (κ2) is 10.1. The number of nitrogens with one attached hydrogen (secondary N) is 1. The van der Waals surface area contributed by atoms with Gasteiger partial charge < -0.3 is 5.32 Å². The summed E-state index contributed by atoms with van der Waals surface area (Å²) in [6.07, 6.45) is 1.13. The predicted molar refractivity (Wildman–Crippen MR) is 133 cm³/mol. The third-order valence-electron chi connectivity index (χ3n) is 5.93. The number of anilines is 1. The molecule has 4 rings (SSSR count). The highest BCUT2D eigenvalue weighted by Gasteiger charge is 2.33. The molecule has 0 spiro atoms. The number of halogens is 1. The summed E-state index contributed by atoms with van der Waals surface area (Å²) in [6.45, 7) is 2.33. The number of benzene rings is 3. The van der Waals surface area contributed by atoms with Gasteiger partial charge in [0.15, 0.2) is 5.78 Å². The topological polar surface area (TPSA) is 83.6 Å². The smallest absolute Gasteiger partial charge is 0.243 e. The number of sulfonamides is 1. The number of carbonyl (C=O) groups excluding carboxylic acids is 2. The van der Waals surface area contributed by atoms with Crippen molar-refractivity contribution in [3.05, 3.63) is 94.5 Å². The van der Waals surface area contributed by atoms with Crippen molar-refractivity contribution in [1.29, 1.82) is 0 Å². The van der Waals surface area contributed by atoms with Crippen molar-refractivity contribution in [2.75, 3.05) is 18.4 Å². The minimum absolute atomic E-state index is 0.0810. The normalized spacial score (nSPS) is 16.7. The zero-order valence-corrected chi connectivity index (χ0v) is 20.3. The summed E-state index contributed by atoms with van der Waals surface area (Å²) in [7, 11) is -3.70. The molecule has 34 heavy (non-hydrogen) atoms. The van der Waals surface area contributed by atoms with Crippen molar-refractivity contribution in [2.24, 2.45) is 5.92 Å². The molecule has 1 aliphatic rings. The van der Waals surface area contributed by atoms with E-state index < -0.39 is 15.9 Å². The van der Waals surface area contributed by atoms with Gasteiger partial charge in [-0.2, -0.15) is 4.31 Å². The lowest BCUT2D eigenvalue weighted by Crippen LogP contribution is -2.43. The molecule has 1 aliphatic heterocycles. The number of piperidine rings is 1. The second-order valence-corrected chi connectivity index (χ2v) is 10.8. The number of hydrogen-bond donors (Lipinski definition) is 1. The molecule has 3 aromatic carbocycles. The van der Waals surface area contributed by atoms with Gasteiger partial charge in [0, 0.05) is 29.2 Å². The van der Waals surface area contributed by atoms with Gasteiger partial charge in [-0.25, -0.2) is 8.42 Å². The maximum atomic E-state index is 13.1. The van der Waals surface area contributed by atoms with Gasteiger partial charge >= 0.3 is 0 Å². The molecule has 0 bridgehead atoms. The highest BCUT2D eigenvalue weighted by Crippen LogP contribution is 2.28.